The van der Waals surface area contributed by atoms with E-state index in [9.17, 15) is 53.3 Å². The summed E-state index contributed by atoms with van der Waals surface area (Å²) < 4.78 is 73.6. The van der Waals surface area contributed by atoms with E-state index in [1.165, 1.54) is 25.1 Å². The van der Waals surface area contributed by atoms with Crippen LogP contribution >= 0.6 is 23.5 Å². The fourth-order valence-electron chi connectivity index (χ4n) is 5.65. The van der Waals surface area contributed by atoms with E-state index >= 15 is 0 Å². The number of hydrogen-bond acceptors (Lipinski definition) is 23. The first kappa shape index (κ1) is 39.2. The van der Waals surface area contributed by atoms with Gasteiger partial charge >= 0.3 is 5.65 Å². The number of aryl methyl sites for hydroxylation is 1. The molecule has 4 aromatic heterocycles. The van der Waals surface area contributed by atoms with Crippen LogP contribution in [-0.2, 0) is 52.6 Å². The first-order valence-corrected chi connectivity index (χ1v) is 19.1. The van der Waals surface area contributed by atoms with E-state index in [2.05, 4.69) is 42.6 Å². The Morgan fingerprint density at radius 3 is 2.11 bits per heavy atom. The number of H-pyrrole nitrogens is 2. The molecule has 9 N–H and O–H groups in total. The topological polar surface area (TPSA) is 416 Å². The van der Waals surface area contributed by atoms with Crippen LogP contribution in [0.2, 0.25) is 0 Å². The number of aliphatic hydroxyl groups excluding tert-OH is 3. The molecule has 2 aliphatic rings. The minimum Gasteiger partial charge on any atom is -0.756 e. The van der Waals surface area contributed by atoms with Crippen molar-refractivity contribution in [3.8, 4) is 0 Å². The Hall–Kier alpha value is -3.53. The van der Waals surface area contributed by atoms with E-state index in [4.69, 9.17) is 25.7 Å². The maximum atomic E-state index is 12.4. The Labute approximate surface area is 293 Å². The summed E-state index contributed by atoms with van der Waals surface area (Å²) in [7, 11) is -15.8. The first-order chi connectivity index (χ1) is 24.7. The number of nitrogens with zero attached hydrogens (tertiary/aromatic N) is 6. The predicted octanol–water partition coefficient (Wildman–Crippen LogP) is -5.79. The second kappa shape index (κ2) is 14.3. The van der Waals surface area contributed by atoms with Gasteiger partial charge < -0.3 is 64.7 Å². The summed E-state index contributed by atoms with van der Waals surface area (Å²) in [5, 5.41) is 31.8. The molecular formula is C22H29N10O18P3-2. The highest BCUT2D eigenvalue weighted by Gasteiger charge is 2.48. The van der Waals surface area contributed by atoms with E-state index in [-0.39, 0.29) is 34.2 Å². The molecule has 2 fully saturated rings. The van der Waals surface area contributed by atoms with Crippen LogP contribution in [0.25, 0.3) is 22.3 Å². The molecule has 2 aliphatic heterocycles. The van der Waals surface area contributed by atoms with Gasteiger partial charge in [-0.3, -0.25) is 42.4 Å². The van der Waals surface area contributed by atoms with Crippen molar-refractivity contribution in [2.75, 3.05) is 31.8 Å². The summed E-state index contributed by atoms with van der Waals surface area (Å²) in [6.45, 7) is -2.29. The van der Waals surface area contributed by atoms with Crippen LogP contribution in [0.4, 0.5) is 11.9 Å². The van der Waals surface area contributed by atoms with Crippen LogP contribution < -0.4 is 41.8 Å². The number of ether oxygens (including phenoxy) is 3. The Morgan fingerprint density at radius 1 is 0.906 bits per heavy atom. The first-order valence-electron chi connectivity index (χ1n) is 14.7. The van der Waals surface area contributed by atoms with Crippen LogP contribution in [0, 0.1) is 0 Å². The molecule has 53 heavy (non-hydrogen) atoms. The molecule has 0 bridgehead atoms. The number of phosphoric acid groups is 3. The number of anilines is 2. The van der Waals surface area contributed by atoms with Crippen molar-refractivity contribution in [1.82, 2.24) is 34.1 Å². The van der Waals surface area contributed by atoms with E-state index < -0.39 is 96.9 Å². The quantitative estimate of drug-likeness (QED) is 0.0488. The van der Waals surface area contributed by atoms with Gasteiger partial charge in [0, 0.05) is 7.11 Å². The van der Waals surface area contributed by atoms with Gasteiger partial charge in [-0.15, -0.1) is 0 Å². The SMILES string of the molecule is CO[C@@H]1[C@H](O)[C@@H](COP(=O)([O-])OP(=O)([O-])OP(=O)([O-])OC[C@H]2O[C@@H]([n+]3cn(C)c4c(=O)[nH]c(N)nc43)[C@@H](O)[C@@H]2O)O[C@H]1n1cnc2c(=O)[nH]c(N)nc21. The molecule has 0 aliphatic carbocycles. The highest BCUT2D eigenvalue weighted by Crippen LogP contribution is 2.63. The average Bonchev–Trinajstić information content (AvgIpc) is 3.76. The molecule has 2 saturated heterocycles. The van der Waals surface area contributed by atoms with Crippen molar-refractivity contribution in [1.29, 1.82) is 0 Å². The van der Waals surface area contributed by atoms with E-state index in [0.29, 0.717) is 0 Å². The van der Waals surface area contributed by atoms with Crippen LogP contribution in [0.1, 0.15) is 12.5 Å². The highest BCUT2D eigenvalue weighted by molar-refractivity contribution is 7.65. The minimum atomic E-state index is -6.36. The average molecular weight is 814 g/mol. The Balaban J connectivity index is 1.06. The number of rotatable bonds is 13. The predicted molar refractivity (Wildman–Crippen MR) is 162 cm³/mol. The van der Waals surface area contributed by atoms with Crippen molar-refractivity contribution in [2.45, 2.75) is 49.1 Å². The van der Waals surface area contributed by atoms with Crippen LogP contribution in [-0.4, -0.2) is 106 Å². The van der Waals surface area contributed by atoms with Crippen molar-refractivity contribution >= 4 is 57.7 Å². The zero-order valence-electron chi connectivity index (χ0n) is 26.8. The number of aromatic amines is 2. The molecule has 292 valence electrons. The number of nitrogen functional groups attached to an aromatic ring is 2. The van der Waals surface area contributed by atoms with Crippen LogP contribution in [0.3, 0.4) is 0 Å². The van der Waals surface area contributed by atoms with Crippen molar-refractivity contribution in [2.24, 2.45) is 7.05 Å². The van der Waals surface area contributed by atoms with Gasteiger partial charge in [0.15, 0.2) is 23.7 Å². The Kier molecular flexibility index (Phi) is 10.6. The molecule has 28 nitrogen and oxygen atoms in total. The molecule has 11 atom stereocenters. The fraction of sp³-hybridized carbons (Fsp3) is 0.545. The van der Waals surface area contributed by atoms with Gasteiger partial charge in [-0.2, -0.15) is 4.98 Å². The largest absolute Gasteiger partial charge is 0.756 e. The summed E-state index contributed by atoms with van der Waals surface area (Å²) in [5.74, 6) is -0.576. The molecule has 3 unspecified atom stereocenters. The number of fused-ring (bicyclic) bond motifs is 2. The molecule has 6 heterocycles. The number of nitrogens with one attached hydrogen (secondary N) is 2. The number of phosphoric ester groups is 2. The van der Waals surface area contributed by atoms with Crippen LogP contribution in [0.5, 0.6) is 0 Å². The molecule has 31 heteroatoms. The third-order valence-electron chi connectivity index (χ3n) is 7.90. The summed E-state index contributed by atoms with van der Waals surface area (Å²) in [5.41, 5.74) is 9.50. The zero-order chi connectivity index (χ0) is 38.8. The van der Waals surface area contributed by atoms with E-state index in [1.54, 1.807) is 0 Å². The minimum absolute atomic E-state index is 0.00613. The monoisotopic (exact) mass is 814 g/mol. The van der Waals surface area contributed by atoms with Crippen molar-refractivity contribution < 1.29 is 80.1 Å². The number of methoxy groups -OCH3 is 1. The van der Waals surface area contributed by atoms with E-state index in [1.807, 2.05) is 0 Å². The smallest absolute Gasteiger partial charge is 0.313 e. The van der Waals surface area contributed by atoms with Crippen molar-refractivity contribution in [3.63, 3.8) is 0 Å². The fourth-order valence-corrected chi connectivity index (χ4v) is 9.04. The zero-order valence-corrected chi connectivity index (χ0v) is 29.5. The number of aromatic nitrogens is 8. The molecule has 0 spiro atoms. The number of imidazole rings is 2. The Bertz CT molecular complexity index is 2300. The van der Waals surface area contributed by atoms with E-state index in [0.717, 1.165) is 15.5 Å². The lowest BCUT2D eigenvalue weighted by Gasteiger charge is -2.34. The molecule has 0 aromatic carbocycles. The molecule has 6 rings (SSSR count). The Morgan fingerprint density at radius 2 is 1.49 bits per heavy atom. The van der Waals surface area contributed by atoms with Crippen molar-refractivity contribution in [3.05, 3.63) is 33.4 Å². The van der Waals surface area contributed by atoms with Gasteiger partial charge in [0.05, 0.1) is 26.6 Å². The molecule has 0 radical (unpaired) electrons. The summed E-state index contributed by atoms with van der Waals surface area (Å²) in [6.07, 6.45) is -10.2. The number of aliphatic hydroxyl groups is 3. The van der Waals surface area contributed by atoms with Gasteiger partial charge in [0.1, 0.15) is 36.6 Å². The molecule has 0 saturated carbocycles. The van der Waals surface area contributed by atoms with Gasteiger partial charge in [-0.05, 0) is 0 Å². The summed E-state index contributed by atoms with van der Waals surface area (Å²) in [4.78, 5) is 77.9. The third-order valence-corrected chi connectivity index (χ3v) is 12.0. The normalized spacial score (nSPS) is 29.7. The van der Waals surface area contributed by atoms with Gasteiger partial charge in [-0.1, -0.05) is 4.98 Å². The lowest BCUT2D eigenvalue weighted by molar-refractivity contribution is -0.745. The van der Waals surface area contributed by atoms with Crippen LogP contribution in [0.15, 0.2) is 22.2 Å². The lowest BCUT2D eigenvalue weighted by atomic mass is 10.1. The number of hydrogen-bond donors (Lipinski definition) is 7. The third kappa shape index (κ3) is 7.85. The molecule has 0 amide bonds. The van der Waals surface area contributed by atoms with Gasteiger partial charge in [0.25, 0.3) is 40.5 Å². The summed E-state index contributed by atoms with van der Waals surface area (Å²) in [6, 6.07) is 0. The maximum absolute atomic E-state index is 12.4. The highest BCUT2D eigenvalue weighted by atomic mass is 31.3. The maximum Gasteiger partial charge on any atom is 0.313 e. The second-order valence-corrected chi connectivity index (χ2v) is 15.9. The van der Waals surface area contributed by atoms with Gasteiger partial charge in [-0.25, -0.2) is 18.2 Å². The second-order valence-electron chi connectivity index (χ2n) is 11.4. The van der Waals surface area contributed by atoms with Gasteiger partial charge in [0.2, 0.25) is 17.7 Å². The molecule has 4 aromatic rings. The lowest BCUT2D eigenvalue weighted by Crippen LogP contribution is -2.46. The summed E-state index contributed by atoms with van der Waals surface area (Å²) >= 11 is 0. The number of nitrogens with two attached hydrogens (primary N) is 2. The standard InChI is InChI=1S/C22H31N10O18P3/c1-30-6-32(16-10(30)18(37)29-22(24)27-16)19-13(35)11(33)7(47-19)3-45-51(38,39)49-53(42,43)50-52(40,41)46-4-8-12(34)14(44-2)20(48-8)31-5-25-9-15(31)26-21(23)28-17(9)36/h5-8,11-14,19-20,33-35H,3-4H2,1-2H3,(H8-,23,24,26,27,28,29,36,37,38,39,40,41,42,43)/p-2/t7-,8-,11-,12-,13+,14-,19-,20-/m1/s1. The molecular weight excluding hydrogens is 785 g/mol.